The van der Waals surface area contributed by atoms with Gasteiger partial charge in [0.2, 0.25) is 5.82 Å². The normalized spacial score (nSPS) is 12.3. The smallest absolute Gasteiger partial charge is 0.312 e. The minimum absolute atomic E-state index is 0.00530. The molecular weight excluding hydrogens is 300 g/mol. The number of hydrogen-bond acceptors (Lipinski definition) is 7. The van der Waals surface area contributed by atoms with Gasteiger partial charge in [-0.3, -0.25) is 19.8 Å². The number of aryl methyl sites for hydroxylation is 1. The van der Waals surface area contributed by atoms with Crippen molar-refractivity contribution in [3.63, 3.8) is 0 Å². The van der Waals surface area contributed by atoms with Crippen molar-refractivity contribution in [1.29, 1.82) is 0 Å². The predicted octanol–water partition coefficient (Wildman–Crippen LogP) is 2.46. The lowest BCUT2D eigenvalue weighted by Crippen LogP contribution is -2.11. The molecule has 0 aromatic carbocycles. The van der Waals surface area contributed by atoms with E-state index in [0.717, 1.165) is 5.56 Å². The molecule has 3 aromatic heterocycles. The summed E-state index contributed by atoms with van der Waals surface area (Å²) in [5, 5.41) is 19.3. The summed E-state index contributed by atoms with van der Waals surface area (Å²) in [4.78, 5) is 18.9. The molecule has 0 aliphatic heterocycles. The summed E-state index contributed by atoms with van der Waals surface area (Å²) in [7, 11) is 0. The van der Waals surface area contributed by atoms with Gasteiger partial charge < -0.3 is 4.52 Å². The van der Waals surface area contributed by atoms with Gasteiger partial charge in [-0.25, -0.2) is 0 Å². The van der Waals surface area contributed by atoms with Gasteiger partial charge in [-0.15, -0.1) is 0 Å². The van der Waals surface area contributed by atoms with Crippen molar-refractivity contribution < 1.29 is 9.45 Å². The highest BCUT2D eigenvalue weighted by Crippen LogP contribution is 2.27. The molecule has 0 saturated carbocycles. The molecule has 0 N–H and O–H groups in total. The summed E-state index contributed by atoms with van der Waals surface area (Å²) < 4.78 is 6.81. The van der Waals surface area contributed by atoms with Crippen LogP contribution in [0, 0.1) is 24.0 Å². The average molecular weight is 314 g/mol. The van der Waals surface area contributed by atoms with Gasteiger partial charge >= 0.3 is 5.69 Å². The second-order valence-electron chi connectivity index (χ2n) is 5.09. The molecule has 0 amide bonds. The van der Waals surface area contributed by atoms with Crippen LogP contribution >= 0.6 is 0 Å². The van der Waals surface area contributed by atoms with E-state index in [1.807, 2.05) is 0 Å². The number of hydrogen-bond donors (Lipinski definition) is 0. The van der Waals surface area contributed by atoms with E-state index in [4.69, 9.17) is 4.52 Å². The van der Waals surface area contributed by atoms with Crippen LogP contribution in [-0.2, 0) is 0 Å². The summed E-state index contributed by atoms with van der Waals surface area (Å²) in [6, 6.07) is 3.13. The first-order chi connectivity index (χ1) is 11.0. The Morgan fingerprint density at radius 1 is 1.30 bits per heavy atom. The van der Waals surface area contributed by atoms with Gasteiger partial charge in [0, 0.05) is 18.0 Å². The third-order valence-corrected chi connectivity index (χ3v) is 3.57. The zero-order valence-corrected chi connectivity index (χ0v) is 12.8. The number of nitrogens with zero attached hydrogens (tertiary/aromatic N) is 6. The molecule has 0 radical (unpaired) electrons. The van der Waals surface area contributed by atoms with Gasteiger partial charge in [-0.2, -0.15) is 10.1 Å². The molecule has 23 heavy (non-hydrogen) atoms. The van der Waals surface area contributed by atoms with E-state index in [1.165, 1.54) is 4.68 Å². The Labute approximate surface area is 131 Å². The molecule has 0 fully saturated rings. The third-order valence-electron chi connectivity index (χ3n) is 3.57. The molecule has 3 aromatic rings. The third kappa shape index (κ3) is 2.56. The van der Waals surface area contributed by atoms with E-state index in [9.17, 15) is 10.1 Å². The molecule has 118 valence electrons. The largest absolute Gasteiger partial charge is 0.337 e. The summed E-state index contributed by atoms with van der Waals surface area (Å²) in [5.41, 5.74) is 1.59. The lowest BCUT2D eigenvalue weighted by atomic mass is 10.2. The molecular formula is C14H14N6O3. The van der Waals surface area contributed by atoms with Gasteiger partial charge in [0.15, 0.2) is 0 Å². The van der Waals surface area contributed by atoms with Crippen molar-refractivity contribution in [2.45, 2.75) is 26.8 Å². The molecule has 0 aliphatic rings. The van der Waals surface area contributed by atoms with Crippen LogP contribution in [0.15, 0.2) is 29.0 Å². The summed E-state index contributed by atoms with van der Waals surface area (Å²) in [6.07, 6.45) is 3.28. The minimum Gasteiger partial charge on any atom is -0.337 e. The van der Waals surface area contributed by atoms with Gasteiger partial charge in [-0.05, 0) is 32.9 Å². The first kappa shape index (κ1) is 14.8. The number of nitro groups is 1. The maximum absolute atomic E-state index is 11.1. The van der Waals surface area contributed by atoms with E-state index in [2.05, 4.69) is 20.2 Å². The fourth-order valence-corrected chi connectivity index (χ4v) is 2.42. The van der Waals surface area contributed by atoms with Crippen molar-refractivity contribution in [1.82, 2.24) is 24.9 Å². The highest BCUT2D eigenvalue weighted by atomic mass is 16.6. The van der Waals surface area contributed by atoms with Crippen LogP contribution in [0.25, 0.3) is 11.4 Å². The number of pyridine rings is 1. The maximum Gasteiger partial charge on any atom is 0.312 e. The van der Waals surface area contributed by atoms with Crippen molar-refractivity contribution >= 4 is 5.69 Å². The lowest BCUT2D eigenvalue weighted by molar-refractivity contribution is -0.386. The van der Waals surface area contributed by atoms with Crippen LogP contribution in [0.5, 0.6) is 0 Å². The zero-order valence-electron chi connectivity index (χ0n) is 12.8. The van der Waals surface area contributed by atoms with E-state index >= 15 is 0 Å². The fraction of sp³-hybridized carbons (Fsp3) is 0.286. The first-order valence-electron chi connectivity index (χ1n) is 6.93. The Hall–Kier alpha value is -3.10. The summed E-state index contributed by atoms with van der Waals surface area (Å²) >= 11 is 0. The molecule has 0 spiro atoms. The van der Waals surface area contributed by atoms with Crippen molar-refractivity contribution in [2.75, 3.05) is 0 Å². The predicted molar refractivity (Wildman–Crippen MR) is 79.7 cm³/mol. The molecule has 0 aliphatic carbocycles. The van der Waals surface area contributed by atoms with Gasteiger partial charge in [0.1, 0.15) is 17.4 Å². The van der Waals surface area contributed by atoms with Crippen LogP contribution in [-0.4, -0.2) is 29.8 Å². The maximum atomic E-state index is 11.1. The summed E-state index contributed by atoms with van der Waals surface area (Å²) in [6.45, 7) is 5.05. The highest BCUT2D eigenvalue weighted by molar-refractivity contribution is 5.52. The zero-order chi connectivity index (χ0) is 16.6. The molecule has 1 atom stereocenters. The second kappa shape index (κ2) is 5.59. The highest BCUT2D eigenvalue weighted by Gasteiger charge is 2.27. The molecule has 0 saturated heterocycles. The monoisotopic (exact) mass is 314 g/mol. The Bertz CT molecular complexity index is 855. The minimum atomic E-state index is -0.433. The quantitative estimate of drug-likeness (QED) is 0.537. The summed E-state index contributed by atoms with van der Waals surface area (Å²) in [5.74, 6) is 0.766. The standard InChI is InChI=1S/C14H14N6O3/c1-8-12(20(21)22)9(2)19(17-8)10(3)14-16-13(18-23-14)11-4-6-15-7-5-11/h4-7,10H,1-3H3. The van der Waals surface area contributed by atoms with Crippen LogP contribution in [0.3, 0.4) is 0 Å². The van der Waals surface area contributed by atoms with E-state index in [1.54, 1.807) is 45.3 Å². The van der Waals surface area contributed by atoms with E-state index in [0.29, 0.717) is 23.1 Å². The Balaban J connectivity index is 1.96. The van der Waals surface area contributed by atoms with Crippen molar-refractivity contribution in [2.24, 2.45) is 0 Å². The van der Waals surface area contributed by atoms with Crippen LogP contribution in [0.4, 0.5) is 5.69 Å². The topological polar surface area (TPSA) is 113 Å². The Morgan fingerprint density at radius 3 is 2.61 bits per heavy atom. The van der Waals surface area contributed by atoms with Crippen molar-refractivity contribution in [3.8, 4) is 11.4 Å². The van der Waals surface area contributed by atoms with Gasteiger partial charge in [-0.1, -0.05) is 5.16 Å². The van der Waals surface area contributed by atoms with Crippen LogP contribution in [0.1, 0.15) is 30.2 Å². The molecule has 3 heterocycles. The average Bonchev–Trinajstić information content (AvgIpc) is 3.12. The Kier molecular flexibility index (Phi) is 3.61. The van der Waals surface area contributed by atoms with Crippen LogP contribution < -0.4 is 0 Å². The molecule has 9 nitrogen and oxygen atoms in total. The number of rotatable bonds is 4. The molecule has 1 unspecified atom stereocenters. The van der Waals surface area contributed by atoms with Gasteiger partial charge in [0.05, 0.1) is 4.92 Å². The van der Waals surface area contributed by atoms with E-state index < -0.39 is 11.0 Å². The van der Waals surface area contributed by atoms with E-state index in [-0.39, 0.29) is 5.69 Å². The van der Waals surface area contributed by atoms with Crippen LogP contribution in [0.2, 0.25) is 0 Å². The fourth-order valence-electron chi connectivity index (χ4n) is 2.42. The van der Waals surface area contributed by atoms with Gasteiger partial charge in [0.25, 0.3) is 5.89 Å². The Morgan fingerprint density at radius 2 is 2.00 bits per heavy atom. The lowest BCUT2D eigenvalue weighted by Gasteiger charge is -2.08. The van der Waals surface area contributed by atoms with Crippen molar-refractivity contribution in [3.05, 3.63) is 51.9 Å². The molecule has 3 rings (SSSR count). The molecule has 9 heteroatoms. The molecule has 0 bridgehead atoms. The second-order valence-corrected chi connectivity index (χ2v) is 5.09. The number of aromatic nitrogens is 5. The first-order valence-corrected chi connectivity index (χ1v) is 6.93. The SMILES string of the molecule is Cc1nn(C(C)c2nc(-c3ccncc3)no2)c(C)c1[N+](=O)[O-].